The fraction of sp³-hybridized carbons (Fsp3) is 0.455. The highest BCUT2D eigenvalue weighted by Crippen LogP contribution is 2.39. The van der Waals surface area contributed by atoms with Crippen LogP contribution in [0.1, 0.15) is 5.56 Å². The zero-order chi connectivity index (χ0) is 21.4. The number of benzene rings is 1. The first-order valence-electron chi connectivity index (χ1n) is 10.7. The van der Waals surface area contributed by atoms with Crippen molar-refractivity contribution in [1.29, 1.82) is 0 Å². The number of nitro groups is 1. The summed E-state index contributed by atoms with van der Waals surface area (Å²) in [7, 11) is 0. The van der Waals surface area contributed by atoms with Crippen molar-refractivity contribution in [2.45, 2.75) is 12.5 Å². The lowest BCUT2D eigenvalue weighted by atomic mass is 9.82. The third-order valence-corrected chi connectivity index (χ3v) is 7.46. The van der Waals surface area contributed by atoms with Crippen molar-refractivity contribution in [2.24, 2.45) is 5.92 Å². The molecule has 0 bridgehead atoms. The van der Waals surface area contributed by atoms with Crippen LogP contribution in [-0.2, 0) is 11.2 Å². The number of rotatable bonds is 3. The van der Waals surface area contributed by atoms with Crippen LogP contribution in [0.4, 0.5) is 17.2 Å². The molecular weight excluding hydrogens is 414 g/mol. The van der Waals surface area contributed by atoms with Crippen molar-refractivity contribution >= 4 is 34.9 Å². The topological polar surface area (TPSA) is 82.8 Å². The molecule has 1 aromatic carbocycles. The largest absolute Gasteiger partial charge is 0.364 e. The number of nitro benzene ring substituents is 1. The van der Waals surface area contributed by atoms with Crippen LogP contribution in [0.25, 0.3) is 0 Å². The molecule has 2 saturated heterocycles. The molecule has 0 aliphatic carbocycles. The summed E-state index contributed by atoms with van der Waals surface area (Å²) >= 11 is 1.88. The average molecular weight is 440 g/mol. The highest BCUT2D eigenvalue weighted by atomic mass is 32.2. The van der Waals surface area contributed by atoms with E-state index < -0.39 is 0 Å². The standard InChI is InChI=1S/C22H25N5O3S/c28-22(24-9-11-31-12-10-24)18-14-16-13-17(27(29)30)4-5-19(16)26-8-7-25(15-20(18)26)21-3-1-2-6-23-21/h1-6,13,18,20H,7-12,14-15H2/t18-,20+/m1/s1. The van der Waals surface area contributed by atoms with E-state index in [1.165, 1.54) is 0 Å². The predicted molar refractivity (Wildman–Crippen MR) is 122 cm³/mol. The number of carbonyl (C=O) groups is 1. The fourth-order valence-corrected chi connectivity index (χ4v) is 5.88. The molecule has 0 radical (unpaired) electrons. The summed E-state index contributed by atoms with van der Waals surface area (Å²) in [6, 6.07) is 11.0. The molecule has 2 fully saturated rings. The molecule has 1 amide bonds. The van der Waals surface area contributed by atoms with Crippen LogP contribution in [-0.4, -0.2) is 71.0 Å². The minimum atomic E-state index is -0.357. The molecule has 3 aliphatic heterocycles. The van der Waals surface area contributed by atoms with Gasteiger partial charge in [0.2, 0.25) is 5.91 Å². The number of nitrogens with zero attached hydrogens (tertiary/aromatic N) is 5. The molecule has 0 saturated carbocycles. The van der Waals surface area contributed by atoms with Crippen LogP contribution in [0.5, 0.6) is 0 Å². The van der Waals surface area contributed by atoms with E-state index in [0.717, 1.165) is 54.8 Å². The molecule has 0 unspecified atom stereocenters. The molecule has 4 heterocycles. The number of piperazine rings is 1. The van der Waals surface area contributed by atoms with E-state index in [9.17, 15) is 14.9 Å². The van der Waals surface area contributed by atoms with Gasteiger partial charge in [0, 0.05) is 68.2 Å². The molecular formula is C22H25N5O3S. The van der Waals surface area contributed by atoms with Crippen molar-refractivity contribution < 1.29 is 9.72 Å². The van der Waals surface area contributed by atoms with E-state index in [2.05, 4.69) is 14.8 Å². The number of non-ortho nitro benzene ring substituents is 1. The van der Waals surface area contributed by atoms with Gasteiger partial charge in [-0.3, -0.25) is 14.9 Å². The second kappa shape index (κ2) is 8.37. The second-order valence-corrected chi connectivity index (χ2v) is 9.44. The summed E-state index contributed by atoms with van der Waals surface area (Å²) in [5, 5.41) is 11.3. The van der Waals surface area contributed by atoms with Crippen molar-refractivity contribution in [2.75, 3.05) is 54.0 Å². The van der Waals surface area contributed by atoms with E-state index >= 15 is 0 Å². The Morgan fingerprint density at radius 1 is 1.13 bits per heavy atom. The molecule has 162 valence electrons. The summed E-state index contributed by atoms with van der Waals surface area (Å²) in [6.07, 6.45) is 2.34. The molecule has 5 rings (SSSR count). The highest BCUT2D eigenvalue weighted by molar-refractivity contribution is 7.99. The second-order valence-electron chi connectivity index (χ2n) is 8.21. The number of anilines is 2. The molecule has 0 N–H and O–H groups in total. The number of thioether (sulfide) groups is 1. The lowest BCUT2D eigenvalue weighted by Crippen LogP contribution is -2.62. The van der Waals surface area contributed by atoms with Crippen molar-refractivity contribution in [3.63, 3.8) is 0 Å². The first-order chi connectivity index (χ1) is 15.1. The number of pyridine rings is 1. The first-order valence-corrected chi connectivity index (χ1v) is 11.8. The quantitative estimate of drug-likeness (QED) is 0.537. The summed E-state index contributed by atoms with van der Waals surface area (Å²) in [5.41, 5.74) is 2.01. The fourth-order valence-electron chi connectivity index (χ4n) is 4.97. The number of hydrogen-bond acceptors (Lipinski definition) is 7. The van der Waals surface area contributed by atoms with Gasteiger partial charge in [-0.15, -0.1) is 0 Å². The molecule has 0 spiro atoms. The predicted octanol–water partition coefficient (Wildman–Crippen LogP) is 2.43. The van der Waals surface area contributed by atoms with Gasteiger partial charge >= 0.3 is 0 Å². The number of fused-ring (bicyclic) bond motifs is 3. The maximum absolute atomic E-state index is 13.6. The molecule has 3 aliphatic rings. The Morgan fingerprint density at radius 3 is 2.71 bits per heavy atom. The zero-order valence-corrected chi connectivity index (χ0v) is 18.0. The monoisotopic (exact) mass is 439 g/mol. The maximum atomic E-state index is 13.6. The average Bonchev–Trinajstić information content (AvgIpc) is 2.83. The van der Waals surface area contributed by atoms with Crippen LogP contribution in [0, 0.1) is 16.0 Å². The summed E-state index contributed by atoms with van der Waals surface area (Å²) in [4.78, 5) is 35.6. The van der Waals surface area contributed by atoms with Crippen LogP contribution < -0.4 is 9.80 Å². The normalized spacial score (nSPS) is 23.2. The third-order valence-electron chi connectivity index (χ3n) is 6.52. The van der Waals surface area contributed by atoms with Gasteiger partial charge in [-0.2, -0.15) is 11.8 Å². The van der Waals surface area contributed by atoms with E-state index in [4.69, 9.17) is 0 Å². The van der Waals surface area contributed by atoms with E-state index in [-0.39, 0.29) is 28.5 Å². The van der Waals surface area contributed by atoms with E-state index in [1.54, 1.807) is 18.3 Å². The van der Waals surface area contributed by atoms with Gasteiger partial charge in [0.05, 0.1) is 16.9 Å². The van der Waals surface area contributed by atoms with Crippen LogP contribution in [0.15, 0.2) is 42.6 Å². The SMILES string of the molecule is O=C([C@@H]1Cc2cc([N+](=O)[O-])ccc2N2CCN(c3ccccn3)C[C@@H]12)N1CCSCC1. The third kappa shape index (κ3) is 3.82. The number of hydrogen-bond donors (Lipinski definition) is 0. The Morgan fingerprint density at radius 2 is 1.97 bits per heavy atom. The molecule has 9 heteroatoms. The zero-order valence-electron chi connectivity index (χ0n) is 17.2. The Labute approximate surface area is 185 Å². The Hall–Kier alpha value is -2.81. The molecule has 2 atom stereocenters. The van der Waals surface area contributed by atoms with Crippen molar-refractivity contribution in [1.82, 2.24) is 9.88 Å². The van der Waals surface area contributed by atoms with E-state index in [0.29, 0.717) is 13.0 Å². The molecule has 8 nitrogen and oxygen atoms in total. The Bertz CT molecular complexity index is 982. The van der Waals surface area contributed by atoms with Gasteiger partial charge in [-0.1, -0.05) is 6.07 Å². The Kier molecular flexibility index (Phi) is 5.43. The van der Waals surface area contributed by atoms with Crippen LogP contribution in [0.3, 0.4) is 0 Å². The number of carbonyl (C=O) groups excluding carboxylic acids is 1. The van der Waals surface area contributed by atoms with Gasteiger partial charge < -0.3 is 14.7 Å². The molecule has 2 aromatic rings. The van der Waals surface area contributed by atoms with Gasteiger partial charge in [0.25, 0.3) is 5.69 Å². The first kappa shape index (κ1) is 20.1. The van der Waals surface area contributed by atoms with Gasteiger partial charge in [0.15, 0.2) is 0 Å². The number of aromatic nitrogens is 1. The molecule has 1 aromatic heterocycles. The van der Waals surface area contributed by atoms with Gasteiger partial charge in [-0.25, -0.2) is 4.98 Å². The van der Waals surface area contributed by atoms with Crippen molar-refractivity contribution in [3.8, 4) is 0 Å². The summed E-state index contributed by atoms with van der Waals surface area (Å²) < 4.78 is 0. The van der Waals surface area contributed by atoms with Gasteiger partial charge in [0.1, 0.15) is 5.82 Å². The Balaban J connectivity index is 1.49. The lowest BCUT2D eigenvalue weighted by molar-refractivity contribution is -0.384. The lowest BCUT2D eigenvalue weighted by Gasteiger charge is -2.50. The maximum Gasteiger partial charge on any atom is 0.269 e. The smallest absolute Gasteiger partial charge is 0.269 e. The summed E-state index contributed by atoms with van der Waals surface area (Å²) in [6.45, 7) is 3.82. The van der Waals surface area contributed by atoms with Gasteiger partial charge in [-0.05, 0) is 30.2 Å². The number of amides is 1. The summed E-state index contributed by atoms with van der Waals surface area (Å²) in [5.74, 6) is 2.82. The minimum absolute atomic E-state index is 0.0202. The van der Waals surface area contributed by atoms with E-state index in [1.807, 2.05) is 40.9 Å². The highest BCUT2D eigenvalue weighted by Gasteiger charge is 2.43. The minimum Gasteiger partial charge on any atom is -0.364 e. The van der Waals surface area contributed by atoms with Crippen molar-refractivity contribution in [3.05, 3.63) is 58.3 Å². The molecule has 31 heavy (non-hydrogen) atoms. The van der Waals surface area contributed by atoms with Crippen LogP contribution >= 0.6 is 11.8 Å². The van der Waals surface area contributed by atoms with Crippen LogP contribution in [0.2, 0.25) is 0 Å².